The second-order valence-corrected chi connectivity index (χ2v) is 14.2. The first-order valence-electron chi connectivity index (χ1n) is 16.8. The second kappa shape index (κ2) is 11.1. The number of thiazole rings is 1. The third-order valence-corrected chi connectivity index (χ3v) is 11.0. The Balaban J connectivity index is 1.06. The van der Waals surface area contributed by atoms with E-state index >= 15 is 0 Å². The van der Waals surface area contributed by atoms with E-state index in [9.17, 15) is 0 Å². The third kappa shape index (κ3) is 4.89. The van der Waals surface area contributed by atoms with Gasteiger partial charge in [0.1, 0.15) is 5.01 Å². The van der Waals surface area contributed by atoms with Crippen molar-refractivity contribution in [2.45, 2.75) is 25.2 Å². The fraction of sp³-hybridized carbons (Fsp3) is 0.0909. The molecule has 8 aromatic rings. The van der Waals surface area contributed by atoms with Crippen LogP contribution in [-0.2, 0) is 0 Å². The summed E-state index contributed by atoms with van der Waals surface area (Å²) in [4.78, 5) is 20.0. The van der Waals surface area contributed by atoms with Crippen molar-refractivity contribution in [3.05, 3.63) is 156 Å². The lowest BCUT2D eigenvalue weighted by Crippen LogP contribution is -2.02. The molecule has 2 aromatic heterocycles. The molecule has 2 heterocycles. The molecular formula is C44H30N4S. The molecule has 2 aliphatic carbocycles. The number of hydrogen-bond donors (Lipinski definition) is 0. The standard InChI is InChI=1S/C44H30N4S/c1-26-17-22-39-38(23-26)45-44(49-39)29-20-18-28(19-21-29)42-46-41(27-9-3-2-4-10-27)47-43(48-42)31-12-7-11-30(24-31)32-15-8-16-35-33-13-5-6-14-34(33)36-25-37(36)40(32)35/h2-24,36-37H,25H2,1H3. The summed E-state index contributed by atoms with van der Waals surface area (Å²) in [6, 6.07) is 49.5. The zero-order chi connectivity index (χ0) is 32.5. The molecule has 232 valence electrons. The fourth-order valence-corrected chi connectivity index (χ4v) is 8.43. The second-order valence-electron chi connectivity index (χ2n) is 13.1. The zero-order valence-electron chi connectivity index (χ0n) is 26.8. The average molecular weight is 647 g/mol. The predicted molar refractivity (Wildman–Crippen MR) is 200 cm³/mol. The van der Waals surface area contributed by atoms with Crippen LogP contribution in [-0.4, -0.2) is 19.9 Å². The molecular weight excluding hydrogens is 617 g/mol. The zero-order valence-corrected chi connectivity index (χ0v) is 27.7. The first-order valence-corrected chi connectivity index (χ1v) is 17.6. The van der Waals surface area contributed by atoms with E-state index < -0.39 is 0 Å². The maximum Gasteiger partial charge on any atom is 0.164 e. The number of nitrogens with zero attached hydrogens (tertiary/aromatic N) is 4. The van der Waals surface area contributed by atoms with Gasteiger partial charge in [0.05, 0.1) is 10.2 Å². The van der Waals surface area contributed by atoms with E-state index in [4.69, 9.17) is 19.9 Å². The van der Waals surface area contributed by atoms with Gasteiger partial charge in [0.15, 0.2) is 17.5 Å². The highest BCUT2D eigenvalue weighted by molar-refractivity contribution is 7.21. The number of aryl methyl sites for hydroxylation is 1. The van der Waals surface area contributed by atoms with Gasteiger partial charge in [-0.05, 0) is 82.3 Å². The summed E-state index contributed by atoms with van der Waals surface area (Å²) in [6.07, 6.45) is 1.22. The molecule has 49 heavy (non-hydrogen) atoms. The van der Waals surface area contributed by atoms with E-state index in [1.165, 1.54) is 50.1 Å². The van der Waals surface area contributed by atoms with Crippen molar-refractivity contribution in [1.29, 1.82) is 0 Å². The Hall–Kier alpha value is -5.78. The van der Waals surface area contributed by atoms with E-state index in [0.29, 0.717) is 29.3 Å². The summed E-state index contributed by atoms with van der Waals surface area (Å²) in [5.74, 6) is 3.17. The van der Waals surface area contributed by atoms with Crippen molar-refractivity contribution >= 4 is 21.6 Å². The number of benzene rings is 6. The minimum Gasteiger partial charge on any atom is -0.236 e. The molecule has 2 unspecified atom stereocenters. The maximum absolute atomic E-state index is 5.09. The molecule has 2 atom stereocenters. The maximum atomic E-state index is 5.09. The Morgan fingerprint density at radius 1 is 0.490 bits per heavy atom. The molecule has 0 radical (unpaired) electrons. The van der Waals surface area contributed by atoms with Gasteiger partial charge < -0.3 is 0 Å². The summed E-state index contributed by atoms with van der Waals surface area (Å²) in [6.45, 7) is 2.10. The summed E-state index contributed by atoms with van der Waals surface area (Å²) in [7, 11) is 0. The van der Waals surface area contributed by atoms with Crippen molar-refractivity contribution < 1.29 is 0 Å². The fourth-order valence-electron chi connectivity index (χ4n) is 7.47. The molecule has 5 heteroatoms. The lowest BCUT2D eigenvalue weighted by Gasteiger charge is -2.22. The molecule has 10 rings (SSSR count). The lowest BCUT2D eigenvalue weighted by molar-refractivity contribution is 1.01. The average Bonchev–Trinajstić information content (AvgIpc) is 3.87. The molecule has 2 aliphatic rings. The van der Waals surface area contributed by atoms with Gasteiger partial charge >= 0.3 is 0 Å². The third-order valence-electron chi connectivity index (χ3n) is 9.95. The van der Waals surface area contributed by atoms with Crippen LogP contribution in [0, 0.1) is 6.92 Å². The van der Waals surface area contributed by atoms with Crippen LogP contribution in [0.3, 0.4) is 0 Å². The number of aromatic nitrogens is 4. The molecule has 0 saturated heterocycles. The molecule has 0 bridgehead atoms. The van der Waals surface area contributed by atoms with E-state index in [-0.39, 0.29) is 0 Å². The largest absolute Gasteiger partial charge is 0.236 e. The number of hydrogen-bond acceptors (Lipinski definition) is 5. The van der Waals surface area contributed by atoms with Gasteiger partial charge in [0.2, 0.25) is 0 Å². The lowest BCUT2D eigenvalue weighted by atomic mass is 9.82. The Labute approximate surface area is 288 Å². The van der Waals surface area contributed by atoms with Crippen LogP contribution in [0.1, 0.15) is 34.9 Å². The molecule has 1 saturated carbocycles. The van der Waals surface area contributed by atoms with E-state index in [1.807, 2.05) is 18.2 Å². The normalized spacial score (nSPS) is 15.8. The van der Waals surface area contributed by atoms with Gasteiger partial charge in [0.25, 0.3) is 0 Å². The van der Waals surface area contributed by atoms with Crippen molar-refractivity contribution in [3.63, 3.8) is 0 Å². The van der Waals surface area contributed by atoms with Crippen LogP contribution in [0.15, 0.2) is 140 Å². The number of rotatable bonds is 5. The van der Waals surface area contributed by atoms with Crippen LogP contribution in [0.25, 0.3) is 77.2 Å². The van der Waals surface area contributed by atoms with Crippen LogP contribution in [0.5, 0.6) is 0 Å². The first kappa shape index (κ1) is 28.3. The highest BCUT2D eigenvalue weighted by Gasteiger charge is 2.46. The first-order chi connectivity index (χ1) is 24.2. The van der Waals surface area contributed by atoms with Gasteiger partial charge in [0, 0.05) is 22.3 Å². The minimum atomic E-state index is 0.577. The summed E-state index contributed by atoms with van der Waals surface area (Å²) < 4.78 is 1.19. The van der Waals surface area contributed by atoms with E-state index in [1.54, 1.807) is 11.3 Å². The molecule has 0 aliphatic heterocycles. The Bertz CT molecular complexity index is 2550. The number of fused-ring (bicyclic) bond motifs is 7. The highest BCUT2D eigenvalue weighted by Crippen LogP contribution is 2.63. The quantitative estimate of drug-likeness (QED) is 0.187. The van der Waals surface area contributed by atoms with E-state index in [0.717, 1.165) is 32.8 Å². The summed E-state index contributed by atoms with van der Waals surface area (Å²) in [5.41, 5.74) is 14.4. The van der Waals surface area contributed by atoms with Crippen LogP contribution in [0.2, 0.25) is 0 Å². The Kier molecular flexibility index (Phi) is 6.43. The van der Waals surface area contributed by atoms with Gasteiger partial charge in [-0.15, -0.1) is 11.3 Å². The Morgan fingerprint density at radius 2 is 1.12 bits per heavy atom. The van der Waals surface area contributed by atoms with Crippen LogP contribution in [0.4, 0.5) is 0 Å². The molecule has 0 spiro atoms. The van der Waals surface area contributed by atoms with Gasteiger partial charge in [-0.3, -0.25) is 0 Å². The minimum absolute atomic E-state index is 0.577. The van der Waals surface area contributed by atoms with Crippen molar-refractivity contribution in [2.24, 2.45) is 0 Å². The molecule has 0 N–H and O–H groups in total. The molecule has 6 aromatic carbocycles. The predicted octanol–water partition coefficient (Wildman–Crippen LogP) is 11.4. The van der Waals surface area contributed by atoms with Gasteiger partial charge in [-0.25, -0.2) is 19.9 Å². The van der Waals surface area contributed by atoms with Crippen molar-refractivity contribution in [3.8, 4) is 67.0 Å². The van der Waals surface area contributed by atoms with Crippen molar-refractivity contribution in [1.82, 2.24) is 19.9 Å². The molecule has 1 fully saturated rings. The Morgan fingerprint density at radius 3 is 1.96 bits per heavy atom. The van der Waals surface area contributed by atoms with Crippen molar-refractivity contribution in [2.75, 3.05) is 0 Å². The van der Waals surface area contributed by atoms with Crippen LogP contribution < -0.4 is 0 Å². The summed E-state index contributed by atoms with van der Waals surface area (Å²) >= 11 is 1.72. The van der Waals surface area contributed by atoms with Gasteiger partial charge in [-0.2, -0.15) is 0 Å². The molecule has 4 nitrogen and oxygen atoms in total. The highest BCUT2D eigenvalue weighted by atomic mass is 32.1. The molecule has 0 amide bonds. The van der Waals surface area contributed by atoms with E-state index in [2.05, 4.69) is 128 Å². The summed E-state index contributed by atoms with van der Waals surface area (Å²) in [5, 5.41) is 1.01. The smallest absolute Gasteiger partial charge is 0.164 e. The van der Waals surface area contributed by atoms with Crippen LogP contribution >= 0.6 is 11.3 Å². The topological polar surface area (TPSA) is 51.6 Å². The van der Waals surface area contributed by atoms with Gasteiger partial charge in [-0.1, -0.05) is 121 Å². The monoisotopic (exact) mass is 646 g/mol. The SMILES string of the molecule is Cc1ccc2sc(-c3ccc(-c4nc(-c5ccccc5)nc(-c5cccc(-c6cccc7c6C6CC6c6ccccc6-7)c5)n4)cc3)nc2c1.